The zero-order chi connectivity index (χ0) is 14.9. The lowest BCUT2D eigenvalue weighted by Gasteiger charge is -2.18. The molecule has 0 spiro atoms. The van der Waals surface area contributed by atoms with Crippen LogP contribution in [0.5, 0.6) is 0 Å². The summed E-state index contributed by atoms with van der Waals surface area (Å²) in [5.41, 5.74) is 2.72. The number of aliphatic hydroxyl groups excluding tert-OH is 1. The van der Waals surface area contributed by atoms with Crippen molar-refractivity contribution in [2.75, 3.05) is 19.7 Å². The maximum absolute atomic E-state index is 8.85. The van der Waals surface area contributed by atoms with Crippen molar-refractivity contribution in [2.45, 2.75) is 18.8 Å². The Bertz CT molecular complexity index is 530. The molecule has 0 saturated carbocycles. The molecule has 0 aliphatic rings. The van der Waals surface area contributed by atoms with Crippen LogP contribution in [0.4, 0.5) is 0 Å². The van der Waals surface area contributed by atoms with Crippen LogP contribution in [0.25, 0.3) is 0 Å². The predicted molar refractivity (Wildman–Crippen MR) is 91.6 cm³/mol. The Labute approximate surface area is 135 Å². The van der Waals surface area contributed by atoms with Crippen molar-refractivity contribution >= 4 is 15.9 Å². The predicted octanol–water partition coefficient (Wildman–Crippen LogP) is 3.75. The van der Waals surface area contributed by atoms with E-state index < -0.39 is 0 Å². The molecule has 2 aromatic rings. The van der Waals surface area contributed by atoms with Gasteiger partial charge in [-0.2, -0.15) is 0 Å². The van der Waals surface area contributed by atoms with Gasteiger partial charge in [-0.3, -0.25) is 0 Å². The van der Waals surface area contributed by atoms with Crippen molar-refractivity contribution in [3.8, 4) is 0 Å². The first-order valence-electron chi connectivity index (χ1n) is 7.41. The van der Waals surface area contributed by atoms with Crippen LogP contribution in [0.3, 0.4) is 0 Å². The van der Waals surface area contributed by atoms with E-state index in [1.54, 1.807) is 0 Å². The minimum absolute atomic E-state index is 0.195. The summed E-state index contributed by atoms with van der Waals surface area (Å²) in [6.07, 6.45) is 2.08. The van der Waals surface area contributed by atoms with Crippen LogP contribution in [-0.2, 0) is 6.42 Å². The van der Waals surface area contributed by atoms with Gasteiger partial charge in [0.05, 0.1) is 6.61 Å². The van der Waals surface area contributed by atoms with Crippen LogP contribution >= 0.6 is 15.9 Å². The molecule has 2 rings (SSSR count). The van der Waals surface area contributed by atoms with Crippen LogP contribution in [0.1, 0.15) is 23.5 Å². The Kier molecular flexibility index (Phi) is 6.93. The molecule has 0 bridgehead atoms. The van der Waals surface area contributed by atoms with Gasteiger partial charge in [0.25, 0.3) is 0 Å². The number of nitrogens with one attached hydrogen (secondary N) is 1. The molecule has 0 fully saturated rings. The van der Waals surface area contributed by atoms with Crippen molar-refractivity contribution in [3.63, 3.8) is 0 Å². The Balaban J connectivity index is 2.07. The van der Waals surface area contributed by atoms with Gasteiger partial charge < -0.3 is 10.4 Å². The van der Waals surface area contributed by atoms with Crippen molar-refractivity contribution in [3.05, 3.63) is 70.2 Å². The monoisotopic (exact) mass is 347 g/mol. The van der Waals surface area contributed by atoms with Crippen molar-refractivity contribution in [2.24, 2.45) is 0 Å². The van der Waals surface area contributed by atoms with Crippen LogP contribution < -0.4 is 5.32 Å². The largest absolute Gasteiger partial charge is 0.395 e. The lowest BCUT2D eigenvalue weighted by Crippen LogP contribution is -2.21. The van der Waals surface area contributed by atoms with E-state index in [-0.39, 0.29) is 6.61 Å². The summed E-state index contributed by atoms with van der Waals surface area (Å²) < 4.78 is 1.18. The standard InChI is InChI=1S/C18H22BrNO/c19-18-9-5-4-8-17(18)14-16(10-11-20-12-13-21)15-6-2-1-3-7-15/h1-9,16,20-21H,10-14H2/t16-/m0/s1. The number of aliphatic hydroxyl groups is 1. The van der Waals surface area contributed by atoms with Gasteiger partial charge in [-0.05, 0) is 42.5 Å². The fourth-order valence-corrected chi connectivity index (χ4v) is 2.97. The Morgan fingerprint density at radius 3 is 2.38 bits per heavy atom. The second kappa shape index (κ2) is 8.98. The minimum atomic E-state index is 0.195. The molecule has 2 N–H and O–H groups in total. The molecule has 21 heavy (non-hydrogen) atoms. The summed E-state index contributed by atoms with van der Waals surface area (Å²) in [7, 11) is 0. The highest BCUT2D eigenvalue weighted by Crippen LogP contribution is 2.27. The second-order valence-electron chi connectivity index (χ2n) is 5.17. The molecule has 0 aromatic heterocycles. The smallest absolute Gasteiger partial charge is 0.0555 e. The van der Waals surface area contributed by atoms with Crippen LogP contribution in [0.2, 0.25) is 0 Å². The summed E-state index contributed by atoms with van der Waals surface area (Å²) in [5.74, 6) is 0.482. The number of hydrogen-bond acceptors (Lipinski definition) is 2. The zero-order valence-electron chi connectivity index (χ0n) is 12.1. The normalized spacial score (nSPS) is 12.3. The number of benzene rings is 2. The van der Waals surface area contributed by atoms with Crippen molar-refractivity contribution < 1.29 is 5.11 Å². The van der Waals surface area contributed by atoms with Crippen molar-refractivity contribution in [1.29, 1.82) is 0 Å². The maximum Gasteiger partial charge on any atom is 0.0555 e. The Morgan fingerprint density at radius 2 is 1.67 bits per heavy atom. The van der Waals surface area contributed by atoms with Gasteiger partial charge in [-0.25, -0.2) is 0 Å². The molecule has 0 saturated heterocycles. The summed E-state index contributed by atoms with van der Waals surface area (Å²) in [6, 6.07) is 19.1. The van der Waals surface area contributed by atoms with Gasteiger partial charge in [0, 0.05) is 11.0 Å². The molecular formula is C18H22BrNO. The molecule has 3 heteroatoms. The third-order valence-corrected chi connectivity index (χ3v) is 4.43. The van der Waals surface area contributed by atoms with E-state index in [0.717, 1.165) is 19.4 Å². The number of halogens is 1. The highest BCUT2D eigenvalue weighted by molar-refractivity contribution is 9.10. The average Bonchev–Trinajstić information content (AvgIpc) is 2.53. The van der Waals surface area contributed by atoms with Gasteiger partial charge in [0.2, 0.25) is 0 Å². The quantitative estimate of drug-likeness (QED) is 0.712. The SMILES string of the molecule is OCCNCC[C@@H](Cc1ccccc1Br)c1ccccc1. The van der Waals surface area contributed by atoms with E-state index >= 15 is 0 Å². The molecule has 0 amide bonds. The van der Waals surface area contributed by atoms with E-state index in [4.69, 9.17) is 5.11 Å². The van der Waals surface area contributed by atoms with Gasteiger partial charge in [-0.1, -0.05) is 64.5 Å². The summed E-state index contributed by atoms with van der Waals surface area (Å²) in [4.78, 5) is 0. The first-order valence-corrected chi connectivity index (χ1v) is 8.20. The molecule has 1 atom stereocenters. The first-order chi connectivity index (χ1) is 10.3. The molecule has 0 aliphatic heterocycles. The van der Waals surface area contributed by atoms with Crippen LogP contribution in [-0.4, -0.2) is 24.8 Å². The van der Waals surface area contributed by atoms with E-state index in [1.165, 1.54) is 15.6 Å². The lowest BCUT2D eigenvalue weighted by molar-refractivity contribution is 0.291. The third kappa shape index (κ3) is 5.27. The topological polar surface area (TPSA) is 32.3 Å². The molecule has 0 heterocycles. The maximum atomic E-state index is 8.85. The fraction of sp³-hybridized carbons (Fsp3) is 0.333. The van der Waals surface area contributed by atoms with E-state index in [2.05, 4.69) is 69.8 Å². The van der Waals surface area contributed by atoms with Gasteiger partial charge in [-0.15, -0.1) is 0 Å². The summed E-state index contributed by atoms with van der Waals surface area (Å²) >= 11 is 3.64. The molecule has 0 unspecified atom stereocenters. The lowest BCUT2D eigenvalue weighted by atomic mass is 9.89. The Morgan fingerprint density at radius 1 is 0.952 bits per heavy atom. The molecule has 112 valence electrons. The zero-order valence-corrected chi connectivity index (χ0v) is 13.7. The molecule has 0 radical (unpaired) electrons. The molecule has 0 aliphatic carbocycles. The molecule has 2 nitrogen and oxygen atoms in total. The highest BCUT2D eigenvalue weighted by Gasteiger charge is 2.13. The van der Waals surface area contributed by atoms with Gasteiger partial charge in [0.1, 0.15) is 0 Å². The second-order valence-corrected chi connectivity index (χ2v) is 6.02. The molecular weight excluding hydrogens is 326 g/mol. The van der Waals surface area contributed by atoms with Gasteiger partial charge in [0.15, 0.2) is 0 Å². The van der Waals surface area contributed by atoms with Crippen molar-refractivity contribution in [1.82, 2.24) is 5.32 Å². The van der Waals surface area contributed by atoms with E-state index in [1.807, 2.05) is 6.07 Å². The number of hydrogen-bond donors (Lipinski definition) is 2. The minimum Gasteiger partial charge on any atom is -0.395 e. The third-order valence-electron chi connectivity index (χ3n) is 3.65. The first kappa shape index (κ1) is 16.2. The fourth-order valence-electron chi connectivity index (χ4n) is 2.52. The van der Waals surface area contributed by atoms with E-state index in [9.17, 15) is 0 Å². The van der Waals surface area contributed by atoms with Crippen LogP contribution in [0.15, 0.2) is 59.1 Å². The molecule has 2 aromatic carbocycles. The Hall–Kier alpha value is -1.16. The highest BCUT2D eigenvalue weighted by atomic mass is 79.9. The van der Waals surface area contributed by atoms with Gasteiger partial charge >= 0.3 is 0 Å². The van der Waals surface area contributed by atoms with E-state index in [0.29, 0.717) is 12.5 Å². The van der Waals surface area contributed by atoms with Crippen LogP contribution in [0, 0.1) is 0 Å². The average molecular weight is 348 g/mol. The number of rotatable bonds is 8. The summed E-state index contributed by atoms with van der Waals surface area (Å²) in [5, 5.41) is 12.1. The summed E-state index contributed by atoms with van der Waals surface area (Å²) in [6.45, 7) is 1.78.